The Morgan fingerprint density at radius 2 is 1.69 bits per heavy atom. The summed E-state index contributed by atoms with van der Waals surface area (Å²) in [5, 5.41) is 2.73. The number of rotatable bonds is 8. The average Bonchev–Trinajstić information content (AvgIpc) is 3.13. The maximum absolute atomic E-state index is 12.5. The first kappa shape index (κ1) is 25.8. The van der Waals surface area contributed by atoms with E-state index < -0.39 is 17.4 Å². The number of fused-ring (bicyclic) bond motifs is 1. The van der Waals surface area contributed by atoms with E-state index >= 15 is 0 Å². The zero-order valence-electron chi connectivity index (χ0n) is 21.1. The third-order valence-electron chi connectivity index (χ3n) is 5.32. The first-order chi connectivity index (χ1) is 16.5. The minimum atomic E-state index is -0.501. The fourth-order valence-corrected chi connectivity index (χ4v) is 3.45. The summed E-state index contributed by atoms with van der Waals surface area (Å²) < 4.78 is 15.1. The number of imidazole rings is 1. The Morgan fingerprint density at radius 3 is 2.34 bits per heavy atom. The van der Waals surface area contributed by atoms with Gasteiger partial charge in [-0.2, -0.15) is 0 Å². The third-order valence-corrected chi connectivity index (χ3v) is 5.32. The van der Waals surface area contributed by atoms with Gasteiger partial charge in [0, 0.05) is 27.7 Å². The first-order valence-corrected chi connectivity index (χ1v) is 11.5. The lowest BCUT2D eigenvalue weighted by Crippen LogP contribution is -2.37. The number of carbonyl (C=O) groups excluding carboxylic acids is 1. The molecule has 1 amide bonds. The highest BCUT2D eigenvalue weighted by molar-refractivity contribution is 5.76. The third kappa shape index (κ3) is 6.40. The lowest BCUT2D eigenvalue weighted by atomic mass is 10.2. The lowest BCUT2D eigenvalue weighted by Gasteiger charge is -2.19. The molecule has 0 fully saturated rings. The summed E-state index contributed by atoms with van der Waals surface area (Å²) in [6, 6.07) is 7.61. The van der Waals surface area contributed by atoms with Crippen LogP contribution in [0.5, 0.6) is 5.75 Å². The molecular formula is C25H33N5O5. The zero-order valence-corrected chi connectivity index (χ0v) is 21.1. The Balaban J connectivity index is 1.53. The molecule has 1 aromatic carbocycles. The van der Waals surface area contributed by atoms with E-state index in [1.54, 1.807) is 24.7 Å². The SMILES string of the molecule is Cn1c(=O)c2c(nc(C=Cc3ccc(OCCCCNC(=O)OC(C)(C)C)cc3)n2C)n(C)c1=O. The molecule has 0 atom stereocenters. The molecule has 1 N–H and O–H groups in total. The van der Waals surface area contributed by atoms with Crippen LogP contribution in [0, 0.1) is 0 Å². The van der Waals surface area contributed by atoms with Gasteiger partial charge in [0.05, 0.1) is 6.61 Å². The first-order valence-electron chi connectivity index (χ1n) is 11.5. The number of carbonyl (C=O) groups is 1. The van der Waals surface area contributed by atoms with Crippen LogP contribution in [-0.4, -0.2) is 43.5 Å². The molecular weight excluding hydrogens is 450 g/mol. The van der Waals surface area contributed by atoms with Crippen molar-refractivity contribution in [2.75, 3.05) is 13.2 Å². The molecule has 10 heteroatoms. The van der Waals surface area contributed by atoms with Gasteiger partial charge in [0.1, 0.15) is 17.2 Å². The Labute approximate surface area is 203 Å². The van der Waals surface area contributed by atoms with Gasteiger partial charge < -0.3 is 19.4 Å². The van der Waals surface area contributed by atoms with Crippen LogP contribution in [0.15, 0.2) is 33.9 Å². The van der Waals surface area contributed by atoms with Crippen molar-refractivity contribution in [3.8, 4) is 5.75 Å². The normalized spacial score (nSPS) is 11.8. The van der Waals surface area contributed by atoms with Gasteiger partial charge >= 0.3 is 11.8 Å². The summed E-state index contributed by atoms with van der Waals surface area (Å²) in [6.07, 6.45) is 4.86. The summed E-state index contributed by atoms with van der Waals surface area (Å²) in [5.41, 5.74) is 0.377. The van der Waals surface area contributed by atoms with Crippen molar-refractivity contribution in [2.45, 2.75) is 39.2 Å². The van der Waals surface area contributed by atoms with E-state index in [4.69, 9.17) is 9.47 Å². The minimum absolute atomic E-state index is 0.352. The van der Waals surface area contributed by atoms with Gasteiger partial charge in [0.15, 0.2) is 11.2 Å². The molecule has 2 aromatic heterocycles. The van der Waals surface area contributed by atoms with Crippen molar-refractivity contribution in [1.29, 1.82) is 0 Å². The maximum atomic E-state index is 12.5. The Kier molecular flexibility index (Phi) is 7.83. The molecule has 0 radical (unpaired) electrons. The topological polar surface area (TPSA) is 109 Å². The van der Waals surface area contributed by atoms with Gasteiger partial charge in [0.2, 0.25) is 0 Å². The van der Waals surface area contributed by atoms with Gasteiger partial charge in [-0.1, -0.05) is 18.2 Å². The number of aryl methyl sites for hydroxylation is 2. The molecule has 0 bridgehead atoms. The summed E-state index contributed by atoms with van der Waals surface area (Å²) in [5.74, 6) is 1.32. The van der Waals surface area contributed by atoms with Crippen molar-refractivity contribution in [3.63, 3.8) is 0 Å². The molecule has 0 saturated heterocycles. The lowest BCUT2D eigenvalue weighted by molar-refractivity contribution is 0.0526. The quantitative estimate of drug-likeness (QED) is 0.494. The molecule has 188 valence electrons. The van der Waals surface area contributed by atoms with Crippen LogP contribution in [0.2, 0.25) is 0 Å². The zero-order chi connectivity index (χ0) is 25.8. The molecule has 0 aliphatic carbocycles. The van der Waals surface area contributed by atoms with Crippen LogP contribution in [0.1, 0.15) is 45.0 Å². The standard InChI is InChI=1S/C25H33N5O5/c1-25(2,3)35-23(32)26-15-7-8-16-34-18-12-9-17(10-13-18)11-14-19-27-21-20(28(19)4)22(31)30(6)24(33)29(21)5/h9-14H,7-8,15-16H2,1-6H3,(H,26,32). The molecule has 0 aliphatic rings. The Hall–Kier alpha value is -3.82. The number of aromatic nitrogens is 4. The number of benzene rings is 1. The van der Waals surface area contributed by atoms with Crippen molar-refractivity contribution >= 4 is 29.4 Å². The minimum Gasteiger partial charge on any atom is -0.494 e. The highest BCUT2D eigenvalue weighted by Crippen LogP contribution is 2.16. The van der Waals surface area contributed by atoms with Crippen molar-refractivity contribution in [3.05, 3.63) is 56.5 Å². The molecule has 3 rings (SSSR count). The van der Waals surface area contributed by atoms with Crippen molar-refractivity contribution < 1.29 is 14.3 Å². The van der Waals surface area contributed by atoms with Crippen molar-refractivity contribution in [2.24, 2.45) is 21.1 Å². The number of nitrogens with one attached hydrogen (secondary N) is 1. The monoisotopic (exact) mass is 483 g/mol. The number of hydrogen-bond acceptors (Lipinski definition) is 6. The number of ether oxygens (including phenoxy) is 2. The highest BCUT2D eigenvalue weighted by Gasteiger charge is 2.16. The van der Waals surface area contributed by atoms with Crippen LogP contribution in [0.3, 0.4) is 0 Å². The van der Waals surface area contributed by atoms with Crippen LogP contribution in [-0.2, 0) is 25.9 Å². The predicted molar refractivity (Wildman–Crippen MR) is 136 cm³/mol. The molecule has 10 nitrogen and oxygen atoms in total. The number of alkyl carbamates (subject to hydrolysis) is 1. The second-order valence-electron chi connectivity index (χ2n) is 9.29. The number of nitrogens with zero attached hydrogens (tertiary/aromatic N) is 4. The Morgan fingerprint density at radius 1 is 1.00 bits per heavy atom. The smallest absolute Gasteiger partial charge is 0.407 e. The van der Waals surface area contributed by atoms with Gasteiger partial charge in [-0.3, -0.25) is 13.9 Å². The second kappa shape index (κ2) is 10.6. The predicted octanol–water partition coefficient (Wildman–Crippen LogP) is 2.82. The fraction of sp³-hybridized carbons (Fsp3) is 0.440. The second-order valence-corrected chi connectivity index (χ2v) is 9.29. The van der Waals surface area contributed by atoms with Crippen molar-refractivity contribution in [1.82, 2.24) is 24.0 Å². The van der Waals surface area contributed by atoms with E-state index in [-0.39, 0.29) is 5.56 Å². The number of unbranched alkanes of at least 4 members (excludes halogenated alkanes) is 1. The molecule has 35 heavy (non-hydrogen) atoms. The number of amides is 1. The van der Waals surface area contributed by atoms with Crippen LogP contribution < -0.4 is 21.3 Å². The molecule has 0 spiro atoms. The van der Waals surface area contributed by atoms with Crippen LogP contribution in [0.25, 0.3) is 23.3 Å². The van der Waals surface area contributed by atoms with E-state index in [2.05, 4.69) is 10.3 Å². The molecule has 0 unspecified atom stereocenters. The molecule has 0 saturated carbocycles. The Bertz CT molecular complexity index is 1340. The van der Waals surface area contributed by atoms with E-state index in [0.29, 0.717) is 30.1 Å². The maximum Gasteiger partial charge on any atom is 0.407 e. The molecule has 2 heterocycles. The summed E-state index contributed by atoms with van der Waals surface area (Å²) in [7, 11) is 4.80. The number of hydrogen-bond donors (Lipinski definition) is 1. The molecule has 3 aromatic rings. The van der Waals surface area contributed by atoms with E-state index in [1.807, 2.05) is 51.1 Å². The van der Waals surface area contributed by atoms with Gasteiger partial charge in [-0.15, -0.1) is 0 Å². The highest BCUT2D eigenvalue weighted by atomic mass is 16.6. The van der Waals surface area contributed by atoms with Crippen LogP contribution >= 0.6 is 0 Å². The summed E-state index contributed by atoms with van der Waals surface area (Å²) in [6.45, 7) is 6.56. The van der Waals surface area contributed by atoms with E-state index in [0.717, 1.165) is 28.7 Å². The van der Waals surface area contributed by atoms with Crippen LogP contribution in [0.4, 0.5) is 4.79 Å². The summed E-state index contributed by atoms with van der Waals surface area (Å²) in [4.78, 5) is 40.7. The fourth-order valence-electron chi connectivity index (χ4n) is 3.45. The van der Waals surface area contributed by atoms with E-state index in [9.17, 15) is 14.4 Å². The van der Waals surface area contributed by atoms with E-state index in [1.165, 1.54) is 11.6 Å². The molecule has 0 aliphatic heterocycles. The largest absolute Gasteiger partial charge is 0.494 e. The summed E-state index contributed by atoms with van der Waals surface area (Å²) >= 11 is 0. The van der Waals surface area contributed by atoms with Gasteiger partial charge in [-0.25, -0.2) is 14.6 Å². The van der Waals surface area contributed by atoms with Gasteiger partial charge in [0.25, 0.3) is 5.56 Å². The van der Waals surface area contributed by atoms with Gasteiger partial charge in [-0.05, 0) is 57.4 Å². The average molecular weight is 484 g/mol.